The molecule has 2 N–H and O–H groups in total. The van der Waals surface area contributed by atoms with Crippen molar-refractivity contribution in [3.05, 3.63) is 64.1 Å². The maximum Gasteiger partial charge on any atom is 0.321 e. The van der Waals surface area contributed by atoms with Gasteiger partial charge in [-0.1, -0.05) is 29.8 Å². The molecule has 25 heavy (non-hydrogen) atoms. The lowest BCUT2D eigenvalue weighted by molar-refractivity contribution is 0.128. The lowest BCUT2D eigenvalue weighted by Gasteiger charge is -2.24. The highest BCUT2D eigenvalue weighted by Gasteiger charge is 2.17. The number of urea groups is 1. The minimum atomic E-state index is -0.754. The predicted octanol–water partition coefficient (Wildman–Crippen LogP) is 2.76. The Balaban J connectivity index is 2.05. The Kier molecular flexibility index (Phi) is 6.36. The Hall–Kier alpha value is -2.60. The molecule has 0 aliphatic carbocycles. The minimum Gasteiger partial charge on any atom is -0.387 e. The van der Waals surface area contributed by atoms with Gasteiger partial charge in [0, 0.05) is 25.4 Å². The summed E-state index contributed by atoms with van der Waals surface area (Å²) in [4.78, 5) is 25.6. The Labute approximate surface area is 147 Å². The molecule has 1 atom stereocenters. The van der Waals surface area contributed by atoms with Gasteiger partial charge in [0.1, 0.15) is 0 Å². The summed E-state index contributed by atoms with van der Waals surface area (Å²) in [5.74, 6) is 0. The predicted molar refractivity (Wildman–Crippen MR) is 98.8 cm³/mol. The van der Waals surface area contributed by atoms with Crippen LogP contribution in [0.15, 0.2) is 47.4 Å². The molecule has 0 saturated heterocycles. The average molecular weight is 343 g/mol. The van der Waals surface area contributed by atoms with Gasteiger partial charge in [0.15, 0.2) is 0 Å². The SMILES string of the molecule is CCN(CC(O)c1ccc(C)cc1)C(=O)Nc1ccc(=O)n(CC)c1. The van der Waals surface area contributed by atoms with E-state index in [0.717, 1.165) is 11.1 Å². The number of anilines is 1. The number of aromatic nitrogens is 1. The van der Waals surface area contributed by atoms with E-state index in [1.165, 1.54) is 15.5 Å². The number of carbonyl (C=O) groups excluding carboxylic acids is 1. The molecule has 2 aromatic rings. The molecule has 0 spiro atoms. The number of benzene rings is 1. The van der Waals surface area contributed by atoms with Crippen molar-refractivity contribution in [2.45, 2.75) is 33.4 Å². The molecule has 1 aromatic carbocycles. The molecule has 6 heteroatoms. The fourth-order valence-corrected chi connectivity index (χ4v) is 2.51. The van der Waals surface area contributed by atoms with Gasteiger partial charge in [-0.05, 0) is 32.4 Å². The first-order chi connectivity index (χ1) is 11.9. The molecule has 2 amide bonds. The van der Waals surface area contributed by atoms with Crippen LogP contribution in [0, 0.1) is 6.92 Å². The first-order valence-electron chi connectivity index (χ1n) is 8.45. The van der Waals surface area contributed by atoms with Crippen LogP contribution in [-0.4, -0.2) is 33.7 Å². The maximum absolute atomic E-state index is 12.5. The van der Waals surface area contributed by atoms with Crippen LogP contribution >= 0.6 is 0 Å². The monoisotopic (exact) mass is 343 g/mol. The van der Waals surface area contributed by atoms with Crippen molar-refractivity contribution < 1.29 is 9.90 Å². The lowest BCUT2D eigenvalue weighted by Crippen LogP contribution is -2.38. The van der Waals surface area contributed by atoms with Gasteiger partial charge in [-0.15, -0.1) is 0 Å². The average Bonchev–Trinajstić information content (AvgIpc) is 2.61. The molecule has 134 valence electrons. The number of nitrogens with zero attached hydrogens (tertiary/aromatic N) is 2. The molecule has 6 nitrogen and oxygen atoms in total. The number of hydrogen-bond acceptors (Lipinski definition) is 3. The summed E-state index contributed by atoms with van der Waals surface area (Å²) < 4.78 is 1.52. The molecule has 0 aliphatic heterocycles. The molecule has 0 bridgehead atoms. The topological polar surface area (TPSA) is 74.6 Å². The zero-order chi connectivity index (χ0) is 18.4. The van der Waals surface area contributed by atoms with Gasteiger partial charge in [0.2, 0.25) is 0 Å². The van der Waals surface area contributed by atoms with E-state index in [4.69, 9.17) is 0 Å². The molecule has 2 rings (SSSR count). The van der Waals surface area contributed by atoms with E-state index < -0.39 is 6.10 Å². The van der Waals surface area contributed by atoms with Crippen molar-refractivity contribution in [1.29, 1.82) is 0 Å². The maximum atomic E-state index is 12.5. The molecule has 0 aliphatic rings. The second-order valence-electron chi connectivity index (χ2n) is 5.94. The lowest BCUT2D eigenvalue weighted by atomic mass is 10.1. The third kappa shape index (κ3) is 4.93. The summed E-state index contributed by atoms with van der Waals surface area (Å²) in [6, 6.07) is 10.3. The second-order valence-corrected chi connectivity index (χ2v) is 5.94. The van der Waals surface area contributed by atoms with E-state index in [1.54, 1.807) is 12.3 Å². The largest absolute Gasteiger partial charge is 0.387 e. The minimum absolute atomic E-state index is 0.109. The Morgan fingerprint density at radius 2 is 1.88 bits per heavy atom. The summed E-state index contributed by atoms with van der Waals surface area (Å²) in [5.41, 5.74) is 2.33. The van der Waals surface area contributed by atoms with Gasteiger partial charge >= 0.3 is 6.03 Å². The van der Waals surface area contributed by atoms with E-state index >= 15 is 0 Å². The molecule has 1 heterocycles. The third-order valence-corrected chi connectivity index (χ3v) is 4.10. The van der Waals surface area contributed by atoms with Crippen LogP contribution in [-0.2, 0) is 6.54 Å². The normalized spacial score (nSPS) is 11.8. The van der Waals surface area contributed by atoms with Gasteiger partial charge in [-0.25, -0.2) is 4.79 Å². The molecule has 1 unspecified atom stereocenters. The van der Waals surface area contributed by atoms with E-state index in [9.17, 15) is 14.7 Å². The van der Waals surface area contributed by atoms with Crippen LogP contribution < -0.4 is 10.9 Å². The van der Waals surface area contributed by atoms with E-state index in [-0.39, 0.29) is 18.1 Å². The first kappa shape index (κ1) is 18.7. The zero-order valence-electron chi connectivity index (χ0n) is 14.9. The van der Waals surface area contributed by atoms with Crippen LogP contribution in [0.4, 0.5) is 10.5 Å². The Morgan fingerprint density at radius 1 is 1.20 bits per heavy atom. The molecule has 0 saturated carbocycles. The van der Waals surface area contributed by atoms with Crippen molar-refractivity contribution in [2.24, 2.45) is 0 Å². The Morgan fingerprint density at radius 3 is 2.48 bits per heavy atom. The van der Waals surface area contributed by atoms with E-state index in [0.29, 0.717) is 18.8 Å². The van der Waals surface area contributed by atoms with Crippen molar-refractivity contribution >= 4 is 11.7 Å². The summed E-state index contributed by atoms with van der Waals surface area (Å²) in [6.07, 6.45) is 0.862. The quantitative estimate of drug-likeness (QED) is 0.847. The fraction of sp³-hybridized carbons (Fsp3) is 0.368. The standard InChI is InChI=1S/C19H25N3O3/c1-4-21-12-16(10-11-18(21)24)20-19(25)22(5-2)13-17(23)15-8-6-14(3)7-9-15/h6-12,17,23H,4-5,13H2,1-3H3,(H,20,25). The van der Waals surface area contributed by atoms with E-state index in [2.05, 4.69) is 5.32 Å². The highest BCUT2D eigenvalue weighted by atomic mass is 16.3. The number of rotatable bonds is 6. The van der Waals surface area contributed by atoms with Gasteiger partial charge in [-0.2, -0.15) is 0 Å². The summed E-state index contributed by atoms with van der Waals surface area (Å²) >= 11 is 0. The highest BCUT2D eigenvalue weighted by Crippen LogP contribution is 2.16. The number of nitrogens with one attached hydrogen (secondary N) is 1. The second kappa shape index (κ2) is 8.48. The van der Waals surface area contributed by atoms with Gasteiger partial charge in [0.05, 0.1) is 18.3 Å². The summed E-state index contributed by atoms with van der Waals surface area (Å²) in [6.45, 7) is 6.89. The zero-order valence-corrected chi connectivity index (χ0v) is 14.9. The molecular formula is C19H25N3O3. The number of likely N-dealkylation sites (N-methyl/N-ethyl adjacent to an activating group) is 1. The number of aliphatic hydroxyl groups excluding tert-OH is 1. The summed E-state index contributed by atoms with van der Waals surface area (Å²) in [5, 5.41) is 13.2. The smallest absolute Gasteiger partial charge is 0.321 e. The summed E-state index contributed by atoms with van der Waals surface area (Å²) in [7, 11) is 0. The van der Waals surface area contributed by atoms with Gasteiger partial charge in [0.25, 0.3) is 5.56 Å². The number of hydrogen-bond donors (Lipinski definition) is 2. The van der Waals surface area contributed by atoms with Crippen LogP contribution in [0.1, 0.15) is 31.1 Å². The van der Waals surface area contributed by atoms with Crippen LogP contribution in [0.2, 0.25) is 0 Å². The van der Waals surface area contributed by atoms with Gasteiger partial charge < -0.3 is 19.9 Å². The molecule has 1 aromatic heterocycles. The number of pyridine rings is 1. The number of aliphatic hydroxyl groups is 1. The highest BCUT2D eigenvalue weighted by molar-refractivity contribution is 5.89. The van der Waals surface area contributed by atoms with Crippen LogP contribution in [0.3, 0.4) is 0 Å². The third-order valence-electron chi connectivity index (χ3n) is 4.10. The first-order valence-corrected chi connectivity index (χ1v) is 8.45. The van der Waals surface area contributed by atoms with E-state index in [1.807, 2.05) is 45.0 Å². The molecule has 0 radical (unpaired) electrons. The van der Waals surface area contributed by atoms with Crippen molar-refractivity contribution in [1.82, 2.24) is 9.47 Å². The van der Waals surface area contributed by atoms with Crippen LogP contribution in [0.5, 0.6) is 0 Å². The van der Waals surface area contributed by atoms with Crippen molar-refractivity contribution in [2.75, 3.05) is 18.4 Å². The molecule has 0 fully saturated rings. The van der Waals surface area contributed by atoms with Gasteiger partial charge in [-0.3, -0.25) is 4.79 Å². The van der Waals surface area contributed by atoms with Crippen LogP contribution in [0.25, 0.3) is 0 Å². The molecular weight excluding hydrogens is 318 g/mol. The van der Waals surface area contributed by atoms with Crippen molar-refractivity contribution in [3.63, 3.8) is 0 Å². The van der Waals surface area contributed by atoms with Crippen molar-refractivity contribution in [3.8, 4) is 0 Å². The Bertz CT molecular complexity index is 768. The number of carbonyl (C=O) groups is 1. The number of amides is 2. The fourth-order valence-electron chi connectivity index (χ4n) is 2.51. The number of aryl methyl sites for hydroxylation is 2.